The molecule has 0 fully saturated rings. The first-order valence-electron chi connectivity index (χ1n) is 6.28. The summed E-state index contributed by atoms with van der Waals surface area (Å²) in [5.74, 6) is -0.449. The van der Waals surface area contributed by atoms with Crippen molar-refractivity contribution in [1.82, 2.24) is 9.78 Å². The van der Waals surface area contributed by atoms with Gasteiger partial charge < -0.3 is 5.73 Å². The van der Waals surface area contributed by atoms with Gasteiger partial charge in [0.2, 0.25) is 0 Å². The lowest BCUT2D eigenvalue weighted by atomic mass is 10.1. The van der Waals surface area contributed by atoms with Crippen LogP contribution in [0.4, 0.5) is 10.1 Å². The van der Waals surface area contributed by atoms with E-state index in [9.17, 15) is 4.39 Å². The number of rotatable bonds is 2. The van der Waals surface area contributed by atoms with E-state index in [1.54, 1.807) is 17.1 Å². The second-order valence-corrected chi connectivity index (χ2v) is 4.53. The van der Waals surface area contributed by atoms with Gasteiger partial charge in [-0.2, -0.15) is 10.4 Å². The van der Waals surface area contributed by atoms with Crippen molar-refractivity contribution in [2.75, 3.05) is 5.73 Å². The van der Waals surface area contributed by atoms with Crippen molar-refractivity contribution in [3.8, 4) is 22.9 Å². The van der Waals surface area contributed by atoms with Crippen LogP contribution in [-0.2, 0) is 0 Å². The smallest absolute Gasteiger partial charge is 0.124 e. The number of nitrogens with zero attached hydrogens (tertiary/aromatic N) is 3. The van der Waals surface area contributed by atoms with E-state index in [4.69, 9.17) is 11.0 Å². The maximum Gasteiger partial charge on any atom is 0.124 e. The highest BCUT2D eigenvalue weighted by Crippen LogP contribution is 2.26. The van der Waals surface area contributed by atoms with Gasteiger partial charge in [0.25, 0.3) is 0 Å². The summed E-state index contributed by atoms with van der Waals surface area (Å²) in [5, 5.41) is 13.3. The Labute approximate surface area is 120 Å². The van der Waals surface area contributed by atoms with E-state index < -0.39 is 5.82 Å². The van der Waals surface area contributed by atoms with Gasteiger partial charge in [0.1, 0.15) is 11.9 Å². The van der Waals surface area contributed by atoms with E-state index in [2.05, 4.69) is 5.10 Å². The number of anilines is 1. The quantitative estimate of drug-likeness (QED) is 0.732. The second kappa shape index (κ2) is 5.10. The highest BCUT2D eigenvalue weighted by molar-refractivity contribution is 5.75. The minimum absolute atomic E-state index is 0.227. The molecule has 0 aliphatic carbocycles. The number of nitrogens with two attached hydrogens (primary N) is 1. The van der Waals surface area contributed by atoms with Crippen molar-refractivity contribution in [2.24, 2.45) is 0 Å². The average Bonchev–Trinajstić information content (AvgIpc) is 2.97. The summed E-state index contributed by atoms with van der Waals surface area (Å²) < 4.78 is 14.7. The van der Waals surface area contributed by atoms with Gasteiger partial charge in [-0.05, 0) is 24.3 Å². The van der Waals surface area contributed by atoms with Crippen LogP contribution in [0.25, 0.3) is 16.8 Å². The molecule has 5 heteroatoms. The summed E-state index contributed by atoms with van der Waals surface area (Å²) in [7, 11) is 0. The molecule has 0 bridgehead atoms. The summed E-state index contributed by atoms with van der Waals surface area (Å²) >= 11 is 0. The Hall–Kier alpha value is -3.13. The standard InChI is InChI=1S/C16H11FN4/c17-13-5-6-16(11(7-13)8-18)21-10-12(9-20-21)14-3-1-2-4-15(14)19/h1-7,9-10H,19H2. The molecule has 0 amide bonds. The lowest BCUT2D eigenvalue weighted by molar-refractivity contribution is 0.626. The molecule has 1 heterocycles. The van der Waals surface area contributed by atoms with Crippen molar-refractivity contribution >= 4 is 5.69 Å². The molecule has 0 saturated heterocycles. The number of hydrogen-bond donors (Lipinski definition) is 1. The lowest BCUT2D eigenvalue weighted by Gasteiger charge is -2.04. The Morgan fingerprint density at radius 1 is 1.19 bits per heavy atom. The van der Waals surface area contributed by atoms with Crippen LogP contribution in [0.1, 0.15) is 5.56 Å². The van der Waals surface area contributed by atoms with Crippen LogP contribution in [-0.4, -0.2) is 9.78 Å². The van der Waals surface area contributed by atoms with Crippen molar-refractivity contribution in [2.45, 2.75) is 0 Å². The predicted octanol–water partition coefficient (Wildman–Crippen LogP) is 3.13. The fourth-order valence-corrected chi connectivity index (χ4v) is 2.15. The van der Waals surface area contributed by atoms with Crippen molar-refractivity contribution in [3.05, 3.63) is 66.2 Å². The summed E-state index contributed by atoms with van der Waals surface area (Å²) in [6.45, 7) is 0. The molecule has 0 spiro atoms. The van der Waals surface area contributed by atoms with Crippen LogP contribution in [0.2, 0.25) is 0 Å². The third-order valence-electron chi connectivity index (χ3n) is 3.18. The fourth-order valence-electron chi connectivity index (χ4n) is 2.15. The third-order valence-corrected chi connectivity index (χ3v) is 3.18. The number of aromatic nitrogens is 2. The van der Waals surface area contributed by atoms with E-state index in [1.807, 2.05) is 30.3 Å². The van der Waals surface area contributed by atoms with Gasteiger partial charge in [0, 0.05) is 23.0 Å². The van der Waals surface area contributed by atoms with Gasteiger partial charge in [-0.1, -0.05) is 18.2 Å². The molecule has 3 aromatic rings. The molecular formula is C16H11FN4. The SMILES string of the molecule is N#Cc1cc(F)ccc1-n1cc(-c2ccccc2N)cn1. The van der Waals surface area contributed by atoms with Gasteiger partial charge in [0.05, 0.1) is 17.4 Å². The van der Waals surface area contributed by atoms with Crippen LogP contribution in [0.3, 0.4) is 0 Å². The van der Waals surface area contributed by atoms with E-state index in [-0.39, 0.29) is 5.56 Å². The van der Waals surface area contributed by atoms with E-state index in [1.165, 1.54) is 18.2 Å². The molecule has 3 rings (SSSR count). The van der Waals surface area contributed by atoms with Crippen LogP contribution < -0.4 is 5.73 Å². The summed E-state index contributed by atoms with van der Waals surface area (Å²) in [6.07, 6.45) is 3.43. The van der Waals surface area contributed by atoms with Crippen LogP contribution in [0.15, 0.2) is 54.9 Å². The number of hydrogen-bond acceptors (Lipinski definition) is 3. The topological polar surface area (TPSA) is 67.6 Å². The van der Waals surface area contributed by atoms with E-state index in [0.29, 0.717) is 11.4 Å². The maximum atomic E-state index is 13.2. The van der Waals surface area contributed by atoms with Crippen molar-refractivity contribution in [3.63, 3.8) is 0 Å². The summed E-state index contributed by atoms with van der Waals surface area (Å²) in [4.78, 5) is 0. The Morgan fingerprint density at radius 3 is 2.76 bits per heavy atom. The second-order valence-electron chi connectivity index (χ2n) is 4.53. The molecule has 2 aromatic carbocycles. The monoisotopic (exact) mass is 278 g/mol. The largest absolute Gasteiger partial charge is 0.398 e. The molecule has 0 atom stereocenters. The molecule has 0 saturated carbocycles. The zero-order valence-corrected chi connectivity index (χ0v) is 11.0. The number of nitriles is 1. The number of halogens is 1. The maximum absolute atomic E-state index is 13.2. The number of para-hydroxylation sites is 1. The van der Waals surface area contributed by atoms with Crippen LogP contribution in [0, 0.1) is 17.1 Å². The van der Waals surface area contributed by atoms with Gasteiger partial charge >= 0.3 is 0 Å². The minimum atomic E-state index is -0.449. The summed E-state index contributed by atoms with van der Waals surface area (Å²) in [6, 6.07) is 13.4. The summed E-state index contributed by atoms with van der Waals surface area (Å²) in [5.41, 5.74) is 9.04. The molecule has 0 radical (unpaired) electrons. The normalized spacial score (nSPS) is 10.3. The lowest BCUT2D eigenvalue weighted by Crippen LogP contribution is -1.98. The zero-order chi connectivity index (χ0) is 14.8. The number of nitrogen functional groups attached to an aromatic ring is 1. The van der Waals surface area contributed by atoms with Gasteiger partial charge in [-0.15, -0.1) is 0 Å². The molecule has 102 valence electrons. The minimum Gasteiger partial charge on any atom is -0.398 e. The average molecular weight is 278 g/mol. The van der Waals surface area contributed by atoms with E-state index in [0.717, 1.165) is 11.1 Å². The van der Waals surface area contributed by atoms with Crippen LogP contribution in [0.5, 0.6) is 0 Å². The molecule has 0 unspecified atom stereocenters. The van der Waals surface area contributed by atoms with Gasteiger partial charge in [-0.25, -0.2) is 9.07 Å². The first kappa shape index (κ1) is 12.9. The highest BCUT2D eigenvalue weighted by atomic mass is 19.1. The third kappa shape index (κ3) is 2.35. The molecular weight excluding hydrogens is 267 g/mol. The molecule has 4 nitrogen and oxygen atoms in total. The number of benzene rings is 2. The molecule has 21 heavy (non-hydrogen) atoms. The van der Waals surface area contributed by atoms with Crippen molar-refractivity contribution in [1.29, 1.82) is 5.26 Å². The molecule has 0 aliphatic rings. The molecule has 1 aromatic heterocycles. The highest BCUT2D eigenvalue weighted by Gasteiger charge is 2.09. The molecule has 2 N–H and O–H groups in total. The predicted molar refractivity (Wildman–Crippen MR) is 78.1 cm³/mol. The first-order valence-corrected chi connectivity index (χ1v) is 6.28. The Bertz CT molecular complexity index is 845. The Balaban J connectivity index is 2.08. The van der Waals surface area contributed by atoms with Crippen LogP contribution >= 0.6 is 0 Å². The van der Waals surface area contributed by atoms with E-state index >= 15 is 0 Å². The van der Waals surface area contributed by atoms with Gasteiger partial charge in [-0.3, -0.25) is 0 Å². The fraction of sp³-hybridized carbons (Fsp3) is 0. The zero-order valence-electron chi connectivity index (χ0n) is 11.0. The van der Waals surface area contributed by atoms with Gasteiger partial charge in [0.15, 0.2) is 0 Å². The Morgan fingerprint density at radius 2 is 2.00 bits per heavy atom. The molecule has 0 aliphatic heterocycles. The van der Waals surface area contributed by atoms with Crippen molar-refractivity contribution < 1.29 is 4.39 Å². The Kier molecular flexibility index (Phi) is 3.13. The first-order chi connectivity index (χ1) is 10.2.